The summed E-state index contributed by atoms with van der Waals surface area (Å²) in [4.78, 5) is 0. The van der Waals surface area contributed by atoms with Crippen molar-refractivity contribution in [2.24, 2.45) is 10.2 Å². The third-order valence-corrected chi connectivity index (χ3v) is 2.64. The highest BCUT2D eigenvalue weighted by Crippen LogP contribution is 2.21. The fourth-order valence-corrected chi connectivity index (χ4v) is 1.87. The zero-order valence-corrected chi connectivity index (χ0v) is 7.94. The topological polar surface area (TPSA) is 48.5 Å². The Hall–Kier alpha value is -2.21. The molecule has 1 aliphatic heterocycles. The van der Waals surface area contributed by atoms with Gasteiger partial charge in [-0.2, -0.15) is 10.4 Å². The summed E-state index contributed by atoms with van der Waals surface area (Å²) in [5.41, 5.74) is 2.68. The molecule has 3 heteroatoms. The van der Waals surface area contributed by atoms with Crippen LogP contribution >= 0.6 is 0 Å². The van der Waals surface area contributed by atoms with E-state index in [1.54, 1.807) is 6.20 Å². The molecule has 15 heavy (non-hydrogen) atoms. The van der Waals surface area contributed by atoms with Crippen molar-refractivity contribution in [3.63, 3.8) is 0 Å². The van der Waals surface area contributed by atoms with Gasteiger partial charge in [0.25, 0.3) is 0 Å². The molecule has 0 spiro atoms. The van der Waals surface area contributed by atoms with Crippen LogP contribution in [0.3, 0.4) is 0 Å². The molecule has 0 amide bonds. The molecule has 0 bridgehead atoms. The minimum atomic E-state index is 0.711. The van der Waals surface area contributed by atoms with Crippen molar-refractivity contribution in [2.45, 2.75) is 6.42 Å². The monoisotopic (exact) mass is 193 g/mol. The lowest BCUT2D eigenvalue weighted by Gasteiger charge is -2.06. The molecule has 2 aliphatic rings. The van der Waals surface area contributed by atoms with E-state index in [2.05, 4.69) is 22.4 Å². The van der Waals surface area contributed by atoms with E-state index < -0.39 is 0 Å². The van der Waals surface area contributed by atoms with Gasteiger partial charge in [-0.25, -0.2) is 0 Å². The molecule has 0 unspecified atom stereocenters. The van der Waals surface area contributed by atoms with Crippen molar-refractivity contribution in [1.82, 2.24) is 0 Å². The van der Waals surface area contributed by atoms with E-state index in [4.69, 9.17) is 5.26 Å². The minimum absolute atomic E-state index is 0.711. The highest BCUT2D eigenvalue weighted by molar-refractivity contribution is 5.74. The van der Waals surface area contributed by atoms with Crippen LogP contribution in [0.15, 0.2) is 27.9 Å². The first-order chi connectivity index (χ1) is 7.38. The van der Waals surface area contributed by atoms with E-state index in [9.17, 15) is 0 Å². The molecule has 1 aromatic rings. The maximum atomic E-state index is 8.86. The van der Waals surface area contributed by atoms with Gasteiger partial charge in [-0.1, -0.05) is 18.2 Å². The Kier molecular flexibility index (Phi) is 1.57. The van der Waals surface area contributed by atoms with Crippen molar-refractivity contribution < 1.29 is 0 Å². The first kappa shape index (κ1) is 8.13. The number of hydrogen-bond donors (Lipinski definition) is 0. The number of benzene rings is 1. The summed E-state index contributed by atoms with van der Waals surface area (Å²) in [7, 11) is 0. The molecule has 1 aliphatic carbocycles. The highest BCUT2D eigenvalue weighted by atomic mass is 15.1. The molecular weight excluding hydrogens is 186 g/mol. The fourth-order valence-electron chi connectivity index (χ4n) is 1.87. The molecule has 0 saturated carbocycles. The van der Waals surface area contributed by atoms with Crippen molar-refractivity contribution in [3.8, 4) is 6.07 Å². The van der Waals surface area contributed by atoms with Crippen LogP contribution in [0.25, 0.3) is 18.4 Å². The van der Waals surface area contributed by atoms with Gasteiger partial charge in [0.15, 0.2) is 0 Å². The molecule has 0 saturated heterocycles. The molecule has 1 aromatic carbocycles. The first-order valence-electron chi connectivity index (χ1n) is 4.73. The van der Waals surface area contributed by atoms with Gasteiger partial charge in [0, 0.05) is 22.8 Å². The van der Waals surface area contributed by atoms with E-state index >= 15 is 0 Å². The average molecular weight is 193 g/mol. The Morgan fingerprint density at radius 1 is 1.27 bits per heavy atom. The van der Waals surface area contributed by atoms with Crippen LogP contribution in [0.4, 0.5) is 5.69 Å². The van der Waals surface area contributed by atoms with Gasteiger partial charge in [-0.3, -0.25) is 0 Å². The highest BCUT2D eigenvalue weighted by Gasteiger charge is 2.10. The van der Waals surface area contributed by atoms with Gasteiger partial charge in [0.2, 0.25) is 0 Å². The molecule has 70 valence electrons. The average Bonchev–Trinajstić information content (AvgIpc) is 2.76. The summed E-state index contributed by atoms with van der Waals surface area (Å²) >= 11 is 0. The Morgan fingerprint density at radius 3 is 3.00 bits per heavy atom. The normalized spacial score (nSPS) is 15.5. The van der Waals surface area contributed by atoms with Crippen LogP contribution < -0.4 is 10.4 Å². The minimum Gasteiger partial charge on any atom is -0.193 e. The SMILES string of the molecule is N#CC1=Cc2c3c(ccc2=CC1)=CN=N3. The van der Waals surface area contributed by atoms with Crippen LogP contribution in [-0.2, 0) is 0 Å². The molecule has 0 radical (unpaired) electrons. The van der Waals surface area contributed by atoms with Gasteiger partial charge in [0.1, 0.15) is 5.69 Å². The van der Waals surface area contributed by atoms with Crippen molar-refractivity contribution in [2.75, 3.05) is 0 Å². The smallest absolute Gasteiger partial charge is 0.102 e. The Morgan fingerprint density at radius 2 is 2.13 bits per heavy atom. The number of nitrogens with zero attached hydrogens (tertiary/aromatic N) is 3. The third kappa shape index (κ3) is 1.12. The second kappa shape index (κ2) is 2.89. The van der Waals surface area contributed by atoms with Crippen molar-refractivity contribution >= 4 is 24.0 Å². The van der Waals surface area contributed by atoms with E-state index in [1.807, 2.05) is 18.2 Å². The maximum absolute atomic E-state index is 8.86. The first-order valence-corrected chi connectivity index (χ1v) is 4.73. The predicted octanol–water partition coefficient (Wildman–Crippen LogP) is 1.61. The molecule has 0 fully saturated rings. The van der Waals surface area contributed by atoms with Crippen LogP contribution in [-0.4, -0.2) is 0 Å². The fraction of sp³-hybridized carbons (Fsp3) is 0.0833. The molecule has 0 aromatic heterocycles. The van der Waals surface area contributed by atoms with E-state index in [0.29, 0.717) is 6.42 Å². The van der Waals surface area contributed by atoms with Crippen LogP contribution in [0.1, 0.15) is 12.0 Å². The molecule has 1 heterocycles. The lowest BCUT2D eigenvalue weighted by molar-refractivity contribution is 1.27. The Labute approximate surface area is 86.4 Å². The Balaban J connectivity index is 2.39. The lowest BCUT2D eigenvalue weighted by atomic mass is 9.98. The zero-order chi connectivity index (χ0) is 10.3. The second-order valence-electron chi connectivity index (χ2n) is 3.54. The quantitative estimate of drug-likeness (QED) is 0.617. The van der Waals surface area contributed by atoms with Crippen molar-refractivity contribution in [1.29, 1.82) is 5.26 Å². The van der Waals surface area contributed by atoms with E-state index in [0.717, 1.165) is 27.3 Å². The summed E-state index contributed by atoms with van der Waals surface area (Å²) in [6, 6.07) is 6.24. The maximum Gasteiger partial charge on any atom is 0.102 e. The molecule has 3 nitrogen and oxygen atoms in total. The van der Waals surface area contributed by atoms with Gasteiger partial charge in [0.05, 0.1) is 12.3 Å². The van der Waals surface area contributed by atoms with Gasteiger partial charge in [-0.15, -0.1) is 5.11 Å². The largest absolute Gasteiger partial charge is 0.193 e. The number of azo groups is 1. The van der Waals surface area contributed by atoms with E-state index in [-0.39, 0.29) is 0 Å². The molecule has 0 atom stereocenters. The van der Waals surface area contributed by atoms with Crippen molar-refractivity contribution in [3.05, 3.63) is 33.7 Å². The number of fused-ring (bicyclic) bond motifs is 3. The van der Waals surface area contributed by atoms with Crippen LogP contribution in [0.2, 0.25) is 0 Å². The van der Waals surface area contributed by atoms with Crippen LogP contribution in [0, 0.1) is 11.3 Å². The summed E-state index contributed by atoms with van der Waals surface area (Å²) < 4.78 is 0. The van der Waals surface area contributed by atoms with E-state index in [1.165, 1.54) is 0 Å². The number of nitriles is 1. The molecule has 3 rings (SSSR count). The number of rotatable bonds is 0. The van der Waals surface area contributed by atoms with Crippen LogP contribution in [0.5, 0.6) is 0 Å². The number of hydrogen-bond acceptors (Lipinski definition) is 3. The summed E-state index contributed by atoms with van der Waals surface area (Å²) in [5, 5.41) is 19.0. The zero-order valence-electron chi connectivity index (χ0n) is 7.94. The standard InChI is InChI=1S/C12H7N3/c13-6-8-1-2-9-3-4-10-7-14-15-12(10)11(9)5-8/h2-5,7H,1H2. The van der Waals surface area contributed by atoms with Gasteiger partial charge < -0.3 is 0 Å². The summed E-state index contributed by atoms with van der Waals surface area (Å²) in [6.45, 7) is 0. The lowest BCUT2D eigenvalue weighted by Crippen LogP contribution is -2.14. The molecular formula is C12H7N3. The van der Waals surface area contributed by atoms with Gasteiger partial charge >= 0.3 is 0 Å². The predicted molar refractivity (Wildman–Crippen MR) is 57.3 cm³/mol. The third-order valence-electron chi connectivity index (χ3n) is 2.64. The molecule has 0 N–H and O–H groups in total. The van der Waals surface area contributed by atoms with Gasteiger partial charge in [-0.05, 0) is 11.3 Å². The summed E-state index contributed by atoms with van der Waals surface area (Å²) in [5.74, 6) is 0. The second-order valence-corrected chi connectivity index (χ2v) is 3.54. The summed E-state index contributed by atoms with van der Waals surface area (Å²) in [6.07, 6.45) is 6.42. The number of allylic oxidation sites excluding steroid dienone is 1. The Bertz CT molecular complexity index is 657.